The van der Waals surface area contributed by atoms with Gasteiger partial charge in [-0.2, -0.15) is 0 Å². The predicted octanol–water partition coefficient (Wildman–Crippen LogP) is 2.03. The van der Waals surface area contributed by atoms with Crippen molar-refractivity contribution in [2.75, 3.05) is 38.5 Å². The molecule has 1 saturated carbocycles. The molecule has 2 aliphatic rings. The van der Waals surface area contributed by atoms with Gasteiger partial charge in [0.25, 0.3) is 0 Å². The average Bonchev–Trinajstić information content (AvgIpc) is 3.32. The molecule has 1 heterocycles. The molecule has 1 aliphatic carbocycles. The number of aliphatic hydroxyl groups excluding tert-OH is 1. The van der Waals surface area contributed by atoms with Crippen molar-refractivity contribution in [3.8, 4) is 0 Å². The average molecular weight is 303 g/mol. The summed E-state index contributed by atoms with van der Waals surface area (Å²) >= 11 is 0. The standard InChI is InChI=1S/C18H29N3O/c1-18(2,13-22)21-7-5-20(6-8-21)12-14-9-16(15-3-4-15)11-17(19)10-14/h9-11,15,22H,3-8,12-13,19H2,1-2H3. The number of hydrogen-bond acceptors (Lipinski definition) is 4. The summed E-state index contributed by atoms with van der Waals surface area (Å²) in [5, 5.41) is 9.50. The second kappa shape index (κ2) is 6.19. The Hall–Kier alpha value is -1.10. The number of nitrogens with zero attached hydrogens (tertiary/aromatic N) is 2. The molecule has 4 nitrogen and oxygen atoms in total. The number of aliphatic hydroxyl groups is 1. The summed E-state index contributed by atoms with van der Waals surface area (Å²) in [7, 11) is 0. The van der Waals surface area contributed by atoms with E-state index in [0.29, 0.717) is 0 Å². The highest BCUT2D eigenvalue weighted by atomic mass is 16.3. The van der Waals surface area contributed by atoms with E-state index in [0.717, 1.165) is 44.3 Å². The van der Waals surface area contributed by atoms with E-state index in [1.54, 1.807) is 0 Å². The lowest BCUT2D eigenvalue weighted by atomic mass is 10.0. The van der Waals surface area contributed by atoms with Crippen LogP contribution in [0.4, 0.5) is 5.69 Å². The van der Waals surface area contributed by atoms with E-state index >= 15 is 0 Å². The van der Waals surface area contributed by atoms with Crippen LogP contribution in [0.3, 0.4) is 0 Å². The quantitative estimate of drug-likeness (QED) is 0.817. The molecule has 0 radical (unpaired) electrons. The van der Waals surface area contributed by atoms with E-state index in [1.165, 1.54) is 24.0 Å². The maximum atomic E-state index is 9.50. The highest BCUT2D eigenvalue weighted by Crippen LogP contribution is 2.41. The van der Waals surface area contributed by atoms with Crippen LogP contribution >= 0.6 is 0 Å². The lowest BCUT2D eigenvalue weighted by molar-refractivity contribution is 0.0148. The van der Waals surface area contributed by atoms with Gasteiger partial charge in [-0.25, -0.2) is 0 Å². The second-order valence-corrected chi connectivity index (χ2v) is 7.52. The summed E-state index contributed by atoms with van der Waals surface area (Å²) < 4.78 is 0. The summed E-state index contributed by atoms with van der Waals surface area (Å²) in [4.78, 5) is 4.88. The van der Waals surface area contributed by atoms with Gasteiger partial charge >= 0.3 is 0 Å². The minimum absolute atomic E-state index is 0.109. The van der Waals surface area contributed by atoms with Crippen LogP contribution in [-0.4, -0.2) is 53.2 Å². The van der Waals surface area contributed by atoms with Crippen LogP contribution in [0.25, 0.3) is 0 Å². The smallest absolute Gasteiger partial charge is 0.0610 e. The van der Waals surface area contributed by atoms with Gasteiger partial charge in [0, 0.05) is 44.0 Å². The van der Waals surface area contributed by atoms with Crippen molar-refractivity contribution in [1.29, 1.82) is 0 Å². The van der Waals surface area contributed by atoms with Gasteiger partial charge in [0.15, 0.2) is 0 Å². The molecular weight excluding hydrogens is 274 g/mol. The Morgan fingerprint density at radius 1 is 1.14 bits per heavy atom. The first-order valence-corrected chi connectivity index (χ1v) is 8.45. The Bertz CT molecular complexity index is 517. The largest absolute Gasteiger partial charge is 0.399 e. The van der Waals surface area contributed by atoms with Crippen LogP contribution in [0.2, 0.25) is 0 Å². The summed E-state index contributed by atoms with van der Waals surface area (Å²) in [6.45, 7) is 9.57. The SMILES string of the molecule is CC(C)(CO)N1CCN(Cc2cc(N)cc(C3CC3)c2)CC1. The Balaban J connectivity index is 1.59. The summed E-state index contributed by atoms with van der Waals surface area (Å²) in [6.07, 6.45) is 2.63. The topological polar surface area (TPSA) is 52.7 Å². The monoisotopic (exact) mass is 303 g/mol. The van der Waals surface area contributed by atoms with E-state index in [9.17, 15) is 5.11 Å². The number of anilines is 1. The third kappa shape index (κ3) is 3.62. The molecule has 122 valence electrons. The van der Waals surface area contributed by atoms with Crippen molar-refractivity contribution in [3.05, 3.63) is 29.3 Å². The van der Waals surface area contributed by atoms with Crippen molar-refractivity contribution < 1.29 is 5.11 Å². The molecule has 1 aliphatic heterocycles. The molecule has 3 N–H and O–H groups in total. The highest BCUT2D eigenvalue weighted by Gasteiger charge is 2.29. The molecule has 1 saturated heterocycles. The fourth-order valence-corrected chi connectivity index (χ4v) is 3.36. The lowest BCUT2D eigenvalue weighted by Gasteiger charge is -2.43. The minimum Gasteiger partial charge on any atom is -0.399 e. The third-order valence-electron chi connectivity index (χ3n) is 5.11. The molecule has 0 amide bonds. The summed E-state index contributed by atoms with van der Waals surface area (Å²) in [5.74, 6) is 0.754. The van der Waals surface area contributed by atoms with Gasteiger partial charge in [-0.05, 0) is 55.9 Å². The Morgan fingerprint density at radius 3 is 2.41 bits per heavy atom. The number of nitrogens with two attached hydrogens (primary N) is 1. The summed E-state index contributed by atoms with van der Waals surface area (Å²) in [6, 6.07) is 6.61. The van der Waals surface area contributed by atoms with E-state index in [2.05, 4.69) is 41.8 Å². The normalized spacial score (nSPS) is 21.2. The van der Waals surface area contributed by atoms with Crippen molar-refractivity contribution in [2.24, 2.45) is 0 Å². The van der Waals surface area contributed by atoms with Crippen LogP contribution in [0.15, 0.2) is 18.2 Å². The van der Waals surface area contributed by atoms with Gasteiger partial charge in [-0.3, -0.25) is 9.80 Å². The molecular formula is C18H29N3O. The molecule has 1 aromatic carbocycles. The Kier molecular flexibility index (Phi) is 4.44. The molecule has 0 atom stereocenters. The van der Waals surface area contributed by atoms with E-state index in [-0.39, 0.29) is 12.1 Å². The molecule has 3 rings (SSSR count). The van der Waals surface area contributed by atoms with Gasteiger partial charge in [-0.1, -0.05) is 6.07 Å². The lowest BCUT2D eigenvalue weighted by Crippen LogP contribution is -2.55. The van der Waals surface area contributed by atoms with E-state index in [4.69, 9.17) is 5.73 Å². The van der Waals surface area contributed by atoms with Crippen LogP contribution in [0.5, 0.6) is 0 Å². The predicted molar refractivity (Wildman–Crippen MR) is 90.8 cm³/mol. The van der Waals surface area contributed by atoms with Gasteiger partial charge in [0.05, 0.1) is 6.61 Å². The molecule has 0 bridgehead atoms. The fourth-order valence-electron chi connectivity index (χ4n) is 3.36. The van der Waals surface area contributed by atoms with Gasteiger partial charge in [0.2, 0.25) is 0 Å². The van der Waals surface area contributed by atoms with Crippen LogP contribution in [0.1, 0.15) is 43.7 Å². The van der Waals surface area contributed by atoms with Gasteiger partial charge in [0.1, 0.15) is 0 Å². The van der Waals surface area contributed by atoms with Crippen LogP contribution in [-0.2, 0) is 6.54 Å². The van der Waals surface area contributed by atoms with Gasteiger partial charge in [-0.15, -0.1) is 0 Å². The highest BCUT2D eigenvalue weighted by molar-refractivity contribution is 5.46. The molecule has 1 aromatic rings. The molecule has 0 aromatic heterocycles. The first kappa shape index (κ1) is 15.8. The fraction of sp³-hybridized carbons (Fsp3) is 0.667. The Morgan fingerprint density at radius 2 is 1.82 bits per heavy atom. The molecule has 0 unspecified atom stereocenters. The zero-order valence-corrected chi connectivity index (χ0v) is 13.9. The van der Waals surface area contributed by atoms with E-state index in [1.807, 2.05) is 0 Å². The summed E-state index contributed by atoms with van der Waals surface area (Å²) in [5.41, 5.74) is 9.64. The number of benzene rings is 1. The van der Waals surface area contributed by atoms with Gasteiger partial charge < -0.3 is 10.8 Å². The second-order valence-electron chi connectivity index (χ2n) is 7.52. The molecule has 0 spiro atoms. The third-order valence-corrected chi connectivity index (χ3v) is 5.11. The zero-order chi connectivity index (χ0) is 15.7. The number of nitrogen functional groups attached to an aromatic ring is 1. The zero-order valence-electron chi connectivity index (χ0n) is 13.9. The Labute approximate surface area is 133 Å². The van der Waals surface area contributed by atoms with Crippen molar-refractivity contribution in [2.45, 2.75) is 44.7 Å². The number of rotatable bonds is 5. The van der Waals surface area contributed by atoms with Crippen LogP contribution in [0, 0.1) is 0 Å². The first-order chi connectivity index (χ1) is 10.5. The molecule has 4 heteroatoms. The number of hydrogen-bond donors (Lipinski definition) is 2. The minimum atomic E-state index is -0.109. The molecule has 22 heavy (non-hydrogen) atoms. The van der Waals surface area contributed by atoms with Crippen LogP contribution < -0.4 is 5.73 Å². The van der Waals surface area contributed by atoms with Crippen molar-refractivity contribution in [3.63, 3.8) is 0 Å². The van der Waals surface area contributed by atoms with Crippen molar-refractivity contribution in [1.82, 2.24) is 9.80 Å². The first-order valence-electron chi connectivity index (χ1n) is 8.45. The molecule has 2 fully saturated rings. The van der Waals surface area contributed by atoms with E-state index < -0.39 is 0 Å². The maximum absolute atomic E-state index is 9.50. The van der Waals surface area contributed by atoms with Crippen molar-refractivity contribution >= 4 is 5.69 Å². The maximum Gasteiger partial charge on any atom is 0.0610 e. The number of piperazine rings is 1.